The number of fused-ring (bicyclic) bond motifs is 1. The number of rotatable bonds is 1. The van der Waals surface area contributed by atoms with Crippen molar-refractivity contribution in [3.63, 3.8) is 0 Å². The third kappa shape index (κ3) is 1.69. The predicted octanol–water partition coefficient (Wildman–Crippen LogP) is 2.91. The van der Waals surface area contributed by atoms with Gasteiger partial charge in [0.05, 0.1) is 0 Å². The van der Waals surface area contributed by atoms with Crippen LogP contribution in [0.3, 0.4) is 0 Å². The molecule has 0 amide bonds. The summed E-state index contributed by atoms with van der Waals surface area (Å²) in [6.07, 6.45) is 5.03. The molecule has 2 atom stereocenters. The lowest BCUT2D eigenvalue weighted by Crippen LogP contribution is -2.13. The lowest BCUT2D eigenvalue weighted by molar-refractivity contribution is 0.612. The van der Waals surface area contributed by atoms with Crippen molar-refractivity contribution < 1.29 is 0 Å². The highest BCUT2D eigenvalue weighted by Crippen LogP contribution is 2.28. The average Bonchev–Trinajstić information content (AvgIpc) is 2.75. The van der Waals surface area contributed by atoms with Crippen LogP contribution in [0.15, 0.2) is 36.7 Å². The summed E-state index contributed by atoms with van der Waals surface area (Å²) in [7, 11) is 0. The van der Waals surface area contributed by atoms with E-state index >= 15 is 0 Å². The fourth-order valence-corrected chi connectivity index (χ4v) is 2.48. The topological polar surface area (TPSA) is 24.9 Å². The SMILES string of the molecule is C[C@H]1CN[C@H](c2ccc3cnccc3c2)C1. The average molecular weight is 212 g/mol. The number of pyridine rings is 1. The molecule has 1 aliphatic heterocycles. The number of hydrogen-bond donors (Lipinski definition) is 1. The molecule has 1 fully saturated rings. The number of benzene rings is 1. The number of nitrogens with one attached hydrogen (secondary N) is 1. The molecule has 1 saturated heterocycles. The molecule has 2 nitrogen and oxygen atoms in total. The third-order valence-corrected chi connectivity index (χ3v) is 3.42. The Morgan fingerprint density at radius 2 is 2.19 bits per heavy atom. The molecule has 16 heavy (non-hydrogen) atoms. The van der Waals surface area contributed by atoms with Gasteiger partial charge < -0.3 is 5.32 Å². The summed E-state index contributed by atoms with van der Waals surface area (Å²) < 4.78 is 0. The van der Waals surface area contributed by atoms with Crippen LogP contribution in [0.2, 0.25) is 0 Å². The standard InChI is InChI=1S/C14H16N2/c1-10-6-14(16-8-10)12-2-3-13-9-15-5-4-11(13)7-12/h2-5,7,9-10,14,16H,6,8H2,1H3/t10-,14+/m1/s1. The minimum absolute atomic E-state index is 0.535. The van der Waals surface area contributed by atoms with Gasteiger partial charge in [0.25, 0.3) is 0 Å². The first-order chi connectivity index (χ1) is 7.83. The maximum absolute atomic E-state index is 4.14. The van der Waals surface area contributed by atoms with Crippen LogP contribution in [0.5, 0.6) is 0 Å². The molecule has 0 saturated carbocycles. The van der Waals surface area contributed by atoms with E-state index in [-0.39, 0.29) is 0 Å². The van der Waals surface area contributed by atoms with E-state index in [0.29, 0.717) is 6.04 Å². The van der Waals surface area contributed by atoms with Crippen molar-refractivity contribution in [1.82, 2.24) is 10.3 Å². The molecular formula is C14H16N2. The summed E-state index contributed by atoms with van der Waals surface area (Å²) in [6, 6.07) is 9.29. The Bertz CT molecular complexity index is 507. The van der Waals surface area contributed by atoms with Crippen molar-refractivity contribution >= 4 is 10.8 Å². The lowest BCUT2D eigenvalue weighted by Gasteiger charge is -2.11. The van der Waals surface area contributed by atoms with Crippen molar-refractivity contribution in [3.05, 3.63) is 42.2 Å². The summed E-state index contributed by atoms with van der Waals surface area (Å²) >= 11 is 0. The van der Waals surface area contributed by atoms with Gasteiger partial charge in [-0.05, 0) is 42.0 Å². The van der Waals surface area contributed by atoms with Gasteiger partial charge in [-0.2, -0.15) is 0 Å². The second-order valence-corrected chi connectivity index (χ2v) is 4.78. The van der Waals surface area contributed by atoms with Gasteiger partial charge >= 0.3 is 0 Å². The number of aromatic nitrogens is 1. The van der Waals surface area contributed by atoms with Crippen LogP contribution in [-0.4, -0.2) is 11.5 Å². The molecule has 82 valence electrons. The van der Waals surface area contributed by atoms with Crippen LogP contribution in [0.1, 0.15) is 24.9 Å². The Morgan fingerprint density at radius 3 is 3.00 bits per heavy atom. The fourth-order valence-electron chi connectivity index (χ4n) is 2.48. The normalized spacial score (nSPS) is 25.1. The molecular weight excluding hydrogens is 196 g/mol. The van der Waals surface area contributed by atoms with Crippen molar-refractivity contribution in [2.75, 3.05) is 6.54 Å². The van der Waals surface area contributed by atoms with Crippen LogP contribution in [0.4, 0.5) is 0 Å². The van der Waals surface area contributed by atoms with Gasteiger partial charge in [0.15, 0.2) is 0 Å². The van der Waals surface area contributed by atoms with Crippen molar-refractivity contribution in [3.8, 4) is 0 Å². The molecule has 0 unspecified atom stereocenters. The largest absolute Gasteiger partial charge is 0.310 e. The molecule has 1 N–H and O–H groups in total. The Hall–Kier alpha value is -1.41. The van der Waals surface area contributed by atoms with E-state index in [2.05, 4.69) is 41.5 Å². The van der Waals surface area contributed by atoms with E-state index in [0.717, 1.165) is 12.5 Å². The van der Waals surface area contributed by atoms with E-state index in [1.165, 1.54) is 22.8 Å². The summed E-state index contributed by atoms with van der Waals surface area (Å²) in [5.41, 5.74) is 1.41. The first-order valence-corrected chi connectivity index (χ1v) is 5.90. The zero-order valence-electron chi connectivity index (χ0n) is 9.48. The molecule has 0 radical (unpaired) electrons. The minimum atomic E-state index is 0.535. The summed E-state index contributed by atoms with van der Waals surface area (Å²) in [4.78, 5) is 4.14. The van der Waals surface area contributed by atoms with Crippen LogP contribution >= 0.6 is 0 Å². The Morgan fingerprint density at radius 1 is 1.25 bits per heavy atom. The predicted molar refractivity (Wildman–Crippen MR) is 66.3 cm³/mol. The van der Waals surface area contributed by atoms with Gasteiger partial charge in [-0.3, -0.25) is 4.98 Å². The van der Waals surface area contributed by atoms with Crippen LogP contribution in [0.25, 0.3) is 10.8 Å². The lowest BCUT2D eigenvalue weighted by atomic mass is 9.99. The van der Waals surface area contributed by atoms with E-state index in [1.54, 1.807) is 0 Å². The molecule has 2 heteroatoms. The van der Waals surface area contributed by atoms with Gasteiger partial charge in [0.2, 0.25) is 0 Å². The smallest absolute Gasteiger partial charge is 0.0346 e. The fraction of sp³-hybridized carbons (Fsp3) is 0.357. The summed E-state index contributed by atoms with van der Waals surface area (Å²) in [5.74, 6) is 0.790. The summed E-state index contributed by atoms with van der Waals surface area (Å²) in [6.45, 7) is 3.44. The zero-order chi connectivity index (χ0) is 11.0. The minimum Gasteiger partial charge on any atom is -0.310 e. The Labute approximate surface area is 95.7 Å². The maximum Gasteiger partial charge on any atom is 0.0346 e. The molecule has 1 aromatic carbocycles. The van der Waals surface area contributed by atoms with Crippen LogP contribution < -0.4 is 5.32 Å². The molecule has 0 aliphatic carbocycles. The number of nitrogens with zero attached hydrogens (tertiary/aromatic N) is 1. The Balaban J connectivity index is 1.99. The van der Waals surface area contributed by atoms with E-state index in [9.17, 15) is 0 Å². The maximum atomic E-state index is 4.14. The quantitative estimate of drug-likeness (QED) is 0.786. The van der Waals surface area contributed by atoms with E-state index in [1.807, 2.05) is 12.4 Å². The Kier molecular flexibility index (Phi) is 2.37. The molecule has 1 aromatic heterocycles. The van der Waals surface area contributed by atoms with Crippen LogP contribution in [0, 0.1) is 5.92 Å². The van der Waals surface area contributed by atoms with Gasteiger partial charge in [0.1, 0.15) is 0 Å². The third-order valence-electron chi connectivity index (χ3n) is 3.42. The second-order valence-electron chi connectivity index (χ2n) is 4.78. The molecule has 0 bridgehead atoms. The summed E-state index contributed by atoms with van der Waals surface area (Å²) in [5, 5.41) is 6.08. The highest BCUT2D eigenvalue weighted by molar-refractivity contribution is 5.82. The molecule has 2 aromatic rings. The van der Waals surface area contributed by atoms with Crippen molar-refractivity contribution in [2.24, 2.45) is 5.92 Å². The van der Waals surface area contributed by atoms with Crippen molar-refractivity contribution in [2.45, 2.75) is 19.4 Å². The van der Waals surface area contributed by atoms with Crippen molar-refractivity contribution in [1.29, 1.82) is 0 Å². The zero-order valence-corrected chi connectivity index (χ0v) is 9.48. The van der Waals surface area contributed by atoms with E-state index in [4.69, 9.17) is 0 Å². The first kappa shape index (κ1) is 9.79. The molecule has 0 spiro atoms. The van der Waals surface area contributed by atoms with Gasteiger partial charge in [-0.15, -0.1) is 0 Å². The highest BCUT2D eigenvalue weighted by atomic mass is 14.9. The highest BCUT2D eigenvalue weighted by Gasteiger charge is 2.21. The monoisotopic (exact) mass is 212 g/mol. The van der Waals surface area contributed by atoms with E-state index < -0.39 is 0 Å². The molecule has 1 aliphatic rings. The number of hydrogen-bond acceptors (Lipinski definition) is 2. The second kappa shape index (κ2) is 3.87. The molecule has 2 heterocycles. The molecule has 3 rings (SSSR count). The van der Waals surface area contributed by atoms with Gasteiger partial charge in [0, 0.05) is 23.8 Å². The first-order valence-electron chi connectivity index (χ1n) is 5.90. The van der Waals surface area contributed by atoms with Gasteiger partial charge in [-0.1, -0.05) is 19.1 Å². The van der Waals surface area contributed by atoms with Gasteiger partial charge in [-0.25, -0.2) is 0 Å². The van der Waals surface area contributed by atoms with Crippen LogP contribution in [-0.2, 0) is 0 Å².